The zero-order valence-corrected chi connectivity index (χ0v) is 13.7. The number of carbonyl (C=O) groups is 1. The summed E-state index contributed by atoms with van der Waals surface area (Å²) in [6.45, 7) is 3.23. The molecule has 3 rings (SSSR count). The molecule has 5 heteroatoms. The first-order valence-electron chi connectivity index (χ1n) is 7.89. The molecule has 4 nitrogen and oxygen atoms in total. The first-order chi connectivity index (χ1) is 11.2. The summed E-state index contributed by atoms with van der Waals surface area (Å²) in [6.07, 6.45) is 4.87. The van der Waals surface area contributed by atoms with Crippen LogP contribution < -0.4 is 4.90 Å². The highest BCUT2D eigenvalue weighted by Gasteiger charge is 2.21. The van der Waals surface area contributed by atoms with Crippen LogP contribution in [0.1, 0.15) is 12.0 Å². The van der Waals surface area contributed by atoms with Gasteiger partial charge in [-0.3, -0.25) is 9.78 Å². The third-order valence-electron chi connectivity index (χ3n) is 4.18. The van der Waals surface area contributed by atoms with Gasteiger partial charge in [0.1, 0.15) is 0 Å². The molecule has 2 heterocycles. The van der Waals surface area contributed by atoms with E-state index in [1.165, 1.54) is 0 Å². The first kappa shape index (κ1) is 15.8. The fraction of sp³-hybridized carbons (Fsp3) is 0.333. The van der Waals surface area contributed by atoms with Crippen LogP contribution in [-0.2, 0) is 11.2 Å². The van der Waals surface area contributed by atoms with Crippen molar-refractivity contribution in [2.24, 2.45) is 0 Å². The van der Waals surface area contributed by atoms with Crippen LogP contribution in [0.3, 0.4) is 0 Å². The van der Waals surface area contributed by atoms with Gasteiger partial charge in [0.2, 0.25) is 5.91 Å². The number of amides is 1. The maximum Gasteiger partial charge on any atom is 0.223 e. The van der Waals surface area contributed by atoms with E-state index in [4.69, 9.17) is 11.6 Å². The zero-order chi connectivity index (χ0) is 16.1. The average molecular weight is 330 g/mol. The van der Waals surface area contributed by atoms with Gasteiger partial charge in [0.05, 0.1) is 0 Å². The molecule has 0 bridgehead atoms. The molecule has 23 heavy (non-hydrogen) atoms. The number of benzene rings is 1. The lowest BCUT2D eigenvalue weighted by Gasteiger charge is -2.36. The number of hydrogen-bond donors (Lipinski definition) is 0. The van der Waals surface area contributed by atoms with E-state index in [1.54, 1.807) is 12.4 Å². The van der Waals surface area contributed by atoms with E-state index in [1.807, 2.05) is 35.2 Å². The van der Waals surface area contributed by atoms with Gasteiger partial charge in [0.15, 0.2) is 0 Å². The van der Waals surface area contributed by atoms with Crippen molar-refractivity contribution in [3.05, 3.63) is 59.4 Å². The SMILES string of the molecule is O=C(CCc1ccncc1)N1CCN(c2cccc(Cl)c2)CC1. The topological polar surface area (TPSA) is 36.4 Å². The van der Waals surface area contributed by atoms with Gasteiger partial charge in [0, 0.05) is 55.7 Å². The van der Waals surface area contributed by atoms with Gasteiger partial charge in [-0.05, 0) is 42.3 Å². The smallest absolute Gasteiger partial charge is 0.223 e. The number of aryl methyl sites for hydroxylation is 1. The van der Waals surface area contributed by atoms with E-state index < -0.39 is 0 Å². The van der Waals surface area contributed by atoms with Gasteiger partial charge in [0.25, 0.3) is 0 Å². The summed E-state index contributed by atoms with van der Waals surface area (Å²) < 4.78 is 0. The molecule has 1 aliphatic heterocycles. The van der Waals surface area contributed by atoms with Crippen LogP contribution >= 0.6 is 11.6 Å². The summed E-state index contributed by atoms with van der Waals surface area (Å²) >= 11 is 6.05. The third-order valence-corrected chi connectivity index (χ3v) is 4.42. The van der Waals surface area contributed by atoms with Gasteiger partial charge in [-0.1, -0.05) is 17.7 Å². The molecule has 1 amide bonds. The van der Waals surface area contributed by atoms with E-state index >= 15 is 0 Å². The van der Waals surface area contributed by atoms with Crippen LogP contribution in [0.4, 0.5) is 5.69 Å². The maximum absolute atomic E-state index is 12.3. The maximum atomic E-state index is 12.3. The van der Waals surface area contributed by atoms with Crippen molar-refractivity contribution in [1.29, 1.82) is 0 Å². The van der Waals surface area contributed by atoms with Crippen LogP contribution in [0.2, 0.25) is 5.02 Å². The number of piperazine rings is 1. The number of rotatable bonds is 4. The third kappa shape index (κ3) is 4.23. The predicted molar refractivity (Wildman–Crippen MR) is 92.8 cm³/mol. The molecule has 1 aliphatic rings. The summed E-state index contributed by atoms with van der Waals surface area (Å²) in [5, 5.41) is 0.748. The van der Waals surface area contributed by atoms with E-state index in [2.05, 4.69) is 16.0 Å². The molecule has 1 aromatic heterocycles. The molecule has 0 saturated carbocycles. The van der Waals surface area contributed by atoms with Gasteiger partial charge >= 0.3 is 0 Å². The van der Waals surface area contributed by atoms with Gasteiger partial charge in [-0.25, -0.2) is 0 Å². The largest absolute Gasteiger partial charge is 0.368 e. The number of nitrogens with zero attached hydrogens (tertiary/aromatic N) is 3. The normalized spacial score (nSPS) is 14.8. The van der Waals surface area contributed by atoms with E-state index in [9.17, 15) is 4.79 Å². The fourth-order valence-electron chi connectivity index (χ4n) is 2.85. The Kier molecular flexibility index (Phi) is 5.13. The minimum absolute atomic E-state index is 0.229. The molecule has 0 spiro atoms. The Bertz CT molecular complexity index is 654. The predicted octanol–water partition coefficient (Wildman–Crippen LogP) is 3.02. The van der Waals surface area contributed by atoms with Gasteiger partial charge < -0.3 is 9.80 Å². The number of pyridine rings is 1. The molecule has 0 atom stereocenters. The molecule has 1 aromatic carbocycles. The van der Waals surface area contributed by atoms with Crippen molar-refractivity contribution in [2.45, 2.75) is 12.8 Å². The van der Waals surface area contributed by atoms with Crippen LogP contribution in [0, 0.1) is 0 Å². The van der Waals surface area contributed by atoms with E-state index in [-0.39, 0.29) is 5.91 Å². The molecule has 0 N–H and O–H groups in total. The van der Waals surface area contributed by atoms with Crippen molar-refractivity contribution >= 4 is 23.2 Å². The lowest BCUT2D eigenvalue weighted by Crippen LogP contribution is -2.48. The molecule has 2 aromatic rings. The van der Waals surface area contributed by atoms with Crippen molar-refractivity contribution in [2.75, 3.05) is 31.1 Å². The summed E-state index contributed by atoms with van der Waals surface area (Å²) in [5.74, 6) is 0.229. The molecule has 0 aliphatic carbocycles. The molecule has 120 valence electrons. The minimum Gasteiger partial charge on any atom is -0.368 e. The Morgan fingerprint density at radius 3 is 2.52 bits per heavy atom. The second-order valence-electron chi connectivity index (χ2n) is 5.70. The molecular weight excluding hydrogens is 310 g/mol. The van der Waals surface area contributed by atoms with Gasteiger partial charge in [-0.15, -0.1) is 0 Å². The Balaban J connectivity index is 1.49. The summed E-state index contributed by atoms with van der Waals surface area (Å²) in [7, 11) is 0. The number of halogens is 1. The fourth-order valence-corrected chi connectivity index (χ4v) is 3.03. The quantitative estimate of drug-likeness (QED) is 0.865. The summed E-state index contributed by atoms with van der Waals surface area (Å²) in [4.78, 5) is 20.6. The molecule has 0 radical (unpaired) electrons. The number of hydrogen-bond acceptors (Lipinski definition) is 3. The Morgan fingerprint density at radius 1 is 1.09 bits per heavy atom. The zero-order valence-electron chi connectivity index (χ0n) is 13.0. The Labute approximate surface area is 141 Å². The first-order valence-corrected chi connectivity index (χ1v) is 8.27. The van der Waals surface area contributed by atoms with Crippen LogP contribution in [-0.4, -0.2) is 42.0 Å². The average Bonchev–Trinajstić information content (AvgIpc) is 2.61. The van der Waals surface area contributed by atoms with Crippen LogP contribution in [0.25, 0.3) is 0 Å². The van der Waals surface area contributed by atoms with Crippen LogP contribution in [0.15, 0.2) is 48.8 Å². The second kappa shape index (κ2) is 7.47. The van der Waals surface area contributed by atoms with E-state index in [0.717, 1.165) is 48.9 Å². The van der Waals surface area contributed by atoms with Crippen molar-refractivity contribution < 1.29 is 4.79 Å². The number of anilines is 1. The lowest BCUT2D eigenvalue weighted by atomic mass is 10.1. The van der Waals surface area contributed by atoms with Gasteiger partial charge in [-0.2, -0.15) is 0 Å². The van der Waals surface area contributed by atoms with Crippen LogP contribution in [0.5, 0.6) is 0 Å². The summed E-state index contributed by atoms with van der Waals surface area (Å²) in [6, 6.07) is 11.8. The van der Waals surface area contributed by atoms with Crippen molar-refractivity contribution in [3.63, 3.8) is 0 Å². The standard InChI is InChI=1S/C18H20ClN3O/c19-16-2-1-3-17(14-16)21-10-12-22(13-11-21)18(23)5-4-15-6-8-20-9-7-15/h1-3,6-9,14H,4-5,10-13H2. The number of carbonyl (C=O) groups excluding carboxylic acids is 1. The highest BCUT2D eigenvalue weighted by Crippen LogP contribution is 2.21. The minimum atomic E-state index is 0.229. The highest BCUT2D eigenvalue weighted by atomic mass is 35.5. The van der Waals surface area contributed by atoms with E-state index in [0.29, 0.717) is 6.42 Å². The molecular formula is C18H20ClN3O. The Hall–Kier alpha value is -2.07. The monoisotopic (exact) mass is 329 g/mol. The van der Waals surface area contributed by atoms with Crippen molar-refractivity contribution in [1.82, 2.24) is 9.88 Å². The van der Waals surface area contributed by atoms with Crippen molar-refractivity contribution in [3.8, 4) is 0 Å². The molecule has 1 fully saturated rings. The molecule has 1 saturated heterocycles. The Morgan fingerprint density at radius 2 is 1.83 bits per heavy atom. The second-order valence-corrected chi connectivity index (χ2v) is 6.14. The molecule has 0 unspecified atom stereocenters. The highest BCUT2D eigenvalue weighted by molar-refractivity contribution is 6.30. The summed E-state index contributed by atoms with van der Waals surface area (Å²) in [5.41, 5.74) is 2.28. The number of aromatic nitrogens is 1. The lowest BCUT2D eigenvalue weighted by molar-refractivity contribution is -0.131.